The van der Waals surface area contributed by atoms with Crippen molar-refractivity contribution >= 4 is 11.7 Å². The molecule has 5 rings (SSSR count). The molecule has 0 aliphatic carbocycles. The van der Waals surface area contributed by atoms with Crippen molar-refractivity contribution in [3.63, 3.8) is 0 Å². The van der Waals surface area contributed by atoms with E-state index in [0.29, 0.717) is 12.4 Å². The fourth-order valence-electron chi connectivity index (χ4n) is 4.12. The second-order valence-electron chi connectivity index (χ2n) is 8.99. The molecular weight excluding hydrogens is 502 g/mol. The summed E-state index contributed by atoms with van der Waals surface area (Å²) in [6, 6.07) is 12.8. The molecule has 0 bridgehead atoms. The summed E-state index contributed by atoms with van der Waals surface area (Å²) in [5.74, 6) is -0.708. The summed E-state index contributed by atoms with van der Waals surface area (Å²) in [4.78, 5) is 23.3. The number of H-pyrrole nitrogens is 1. The summed E-state index contributed by atoms with van der Waals surface area (Å²) in [7, 11) is 0. The number of anilines is 1. The van der Waals surface area contributed by atoms with Gasteiger partial charge in [0, 0.05) is 25.2 Å². The van der Waals surface area contributed by atoms with Gasteiger partial charge in [0.15, 0.2) is 0 Å². The topological polar surface area (TPSA) is 96.0 Å². The van der Waals surface area contributed by atoms with Gasteiger partial charge in [0.25, 0.3) is 5.91 Å². The number of aromatic amines is 1. The smallest absolute Gasteiger partial charge is 0.296 e. The molecule has 10 heteroatoms. The third kappa shape index (κ3) is 6.53. The molecule has 0 unspecified atom stereocenters. The summed E-state index contributed by atoms with van der Waals surface area (Å²) >= 11 is 0. The van der Waals surface area contributed by atoms with E-state index in [1.165, 1.54) is 6.07 Å². The molecule has 0 fully saturated rings. The first-order valence-electron chi connectivity index (χ1n) is 12.4. The highest BCUT2D eigenvalue weighted by molar-refractivity contribution is 6.01. The summed E-state index contributed by atoms with van der Waals surface area (Å²) in [6.45, 7) is 4.19. The van der Waals surface area contributed by atoms with Crippen LogP contribution in [0.3, 0.4) is 0 Å². The van der Waals surface area contributed by atoms with Gasteiger partial charge < -0.3 is 15.0 Å². The van der Waals surface area contributed by atoms with E-state index < -0.39 is 17.5 Å². The van der Waals surface area contributed by atoms with Gasteiger partial charge in [-0.15, -0.1) is 5.10 Å². The van der Waals surface area contributed by atoms with E-state index in [1.54, 1.807) is 12.3 Å². The molecule has 3 heterocycles. The summed E-state index contributed by atoms with van der Waals surface area (Å²) in [5.41, 5.74) is 3.08. The van der Waals surface area contributed by atoms with Gasteiger partial charge in [-0.25, -0.2) is 18.7 Å². The summed E-state index contributed by atoms with van der Waals surface area (Å²) in [6.07, 6.45) is 9.80. The molecule has 2 aromatic heterocycles. The van der Waals surface area contributed by atoms with Crippen LogP contribution in [0.5, 0.6) is 5.75 Å². The minimum absolute atomic E-state index is 0.0313. The number of rotatable bonds is 9. The average Bonchev–Trinajstić information content (AvgIpc) is 3.41. The fourth-order valence-corrected chi connectivity index (χ4v) is 4.12. The highest BCUT2D eigenvalue weighted by Gasteiger charge is 2.16. The molecule has 198 valence electrons. The van der Waals surface area contributed by atoms with Crippen LogP contribution in [-0.4, -0.2) is 50.7 Å². The number of nitrogens with one attached hydrogen (secondary N) is 2. The number of carbonyl (C=O) groups is 1. The lowest BCUT2D eigenvalue weighted by Gasteiger charge is -2.20. The van der Waals surface area contributed by atoms with E-state index in [0.717, 1.165) is 47.7 Å². The molecule has 1 aliphatic heterocycles. The van der Waals surface area contributed by atoms with Gasteiger partial charge in [-0.2, -0.15) is 0 Å². The van der Waals surface area contributed by atoms with Crippen LogP contribution >= 0.6 is 0 Å². The first-order chi connectivity index (χ1) is 18.9. The Hall–Kier alpha value is -4.86. The van der Waals surface area contributed by atoms with Crippen LogP contribution in [0.2, 0.25) is 0 Å². The number of carbonyl (C=O) groups excluding carboxylic acids is 1. The van der Waals surface area contributed by atoms with Crippen molar-refractivity contribution in [3.8, 4) is 16.9 Å². The molecule has 0 saturated carbocycles. The summed E-state index contributed by atoms with van der Waals surface area (Å²) in [5, 5.41) is 9.25. The van der Waals surface area contributed by atoms with E-state index in [9.17, 15) is 13.6 Å². The van der Waals surface area contributed by atoms with Gasteiger partial charge >= 0.3 is 0 Å². The zero-order chi connectivity index (χ0) is 27.2. The van der Waals surface area contributed by atoms with Crippen LogP contribution in [0, 0.1) is 18.6 Å². The van der Waals surface area contributed by atoms with E-state index in [4.69, 9.17) is 4.74 Å². The first-order valence-corrected chi connectivity index (χ1v) is 12.4. The van der Waals surface area contributed by atoms with Crippen LogP contribution in [0.25, 0.3) is 11.1 Å². The molecule has 39 heavy (non-hydrogen) atoms. The molecule has 0 atom stereocenters. The second-order valence-corrected chi connectivity index (χ2v) is 8.99. The molecule has 2 aromatic carbocycles. The molecule has 1 amide bonds. The Morgan fingerprint density at radius 2 is 2.03 bits per heavy atom. The lowest BCUT2D eigenvalue weighted by atomic mass is 10.0. The number of nitrogens with zero attached hydrogens (tertiary/aromatic N) is 4. The van der Waals surface area contributed by atoms with E-state index in [-0.39, 0.29) is 23.6 Å². The minimum atomic E-state index is -0.695. The lowest BCUT2D eigenvalue weighted by molar-refractivity contribution is 0.101. The van der Waals surface area contributed by atoms with Gasteiger partial charge in [-0.1, -0.05) is 24.3 Å². The van der Waals surface area contributed by atoms with Crippen LogP contribution in [0.1, 0.15) is 27.6 Å². The van der Waals surface area contributed by atoms with Crippen LogP contribution < -0.4 is 10.1 Å². The molecule has 8 nitrogen and oxygen atoms in total. The molecule has 0 radical (unpaired) electrons. The van der Waals surface area contributed by atoms with Crippen molar-refractivity contribution in [1.29, 1.82) is 0 Å². The van der Waals surface area contributed by atoms with Gasteiger partial charge in [-0.3, -0.25) is 9.89 Å². The molecular formula is C29H26F2N6O2. The molecule has 0 saturated heterocycles. The van der Waals surface area contributed by atoms with Crippen LogP contribution in [0.4, 0.5) is 14.6 Å². The Bertz CT molecular complexity index is 1550. The zero-order valence-corrected chi connectivity index (χ0v) is 21.2. The Morgan fingerprint density at radius 1 is 1.13 bits per heavy atom. The number of ether oxygens (including phenoxy) is 1. The standard InChI is InChI=1S/C29H26F2N6O2/c1-19-5-8-23(39-14-13-37-11-3-2-4-12-37)18-24(19)20-9-10-32-26(15-20)34-29(38)28-33-27(35-36-28)16-21-6-7-22(30)17-25(21)31/h2-11,15,17-18H,12-14,16H2,1H3,(H,32,34,38)(H,33,35,36). The lowest BCUT2D eigenvalue weighted by Crippen LogP contribution is -2.24. The number of hydrogen-bond acceptors (Lipinski definition) is 6. The third-order valence-electron chi connectivity index (χ3n) is 6.16. The Labute approximate surface area is 224 Å². The van der Waals surface area contributed by atoms with Crippen molar-refractivity contribution in [3.05, 3.63) is 114 Å². The number of allylic oxidation sites excluding steroid dienone is 2. The Morgan fingerprint density at radius 3 is 2.85 bits per heavy atom. The summed E-state index contributed by atoms with van der Waals surface area (Å²) < 4.78 is 33.1. The maximum Gasteiger partial charge on any atom is 0.296 e. The highest BCUT2D eigenvalue weighted by atomic mass is 19.1. The number of amides is 1. The number of benzene rings is 2. The van der Waals surface area contributed by atoms with Gasteiger partial charge in [0.1, 0.15) is 35.6 Å². The number of pyridine rings is 1. The normalized spacial score (nSPS) is 12.5. The molecule has 2 N–H and O–H groups in total. The third-order valence-corrected chi connectivity index (χ3v) is 6.16. The zero-order valence-electron chi connectivity index (χ0n) is 21.2. The van der Waals surface area contributed by atoms with Gasteiger partial charge in [-0.05, 0) is 71.8 Å². The predicted octanol–water partition coefficient (Wildman–Crippen LogP) is 5.06. The van der Waals surface area contributed by atoms with Gasteiger partial charge in [0.05, 0.1) is 6.54 Å². The Balaban J connectivity index is 1.24. The minimum Gasteiger partial charge on any atom is -0.492 e. The molecule has 1 aliphatic rings. The number of halogens is 2. The van der Waals surface area contributed by atoms with E-state index in [1.807, 2.05) is 49.5 Å². The molecule has 4 aromatic rings. The molecule has 0 spiro atoms. The van der Waals surface area contributed by atoms with Gasteiger partial charge in [0.2, 0.25) is 5.82 Å². The van der Waals surface area contributed by atoms with Crippen molar-refractivity contribution in [2.45, 2.75) is 13.3 Å². The predicted molar refractivity (Wildman–Crippen MR) is 143 cm³/mol. The second kappa shape index (κ2) is 11.7. The monoisotopic (exact) mass is 528 g/mol. The van der Waals surface area contributed by atoms with E-state index >= 15 is 0 Å². The Kier molecular flexibility index (Phi) is 7.72. The fraction of sp³-hybridized carbons (Fsp3) is 0.172. The van der Waals surface area contributed by atoms with Crippen molar-refractivity contribution in [1.82, 2.24) is 25.1 Å². The average molecular weight is 529 g/mol. The number of aryl methyl sites for hydroxylation is 1. The SMILES string of the molecule is Cc1ccc(OCCN2C=CC=CC2)cc1-c1ccnc(NC(=O)c2n[nH]c(Cc3ccc(F)cc3F)n2)c1. The van der Waals surface area contributed by atoms with Crippen molar-refractivity contribution in [2.24, 2.45) is 0 Å². The van der Waals surface area contributed by atoms with Crippen LogP contribution in [0.15, 0.2) is 79.2 Å². The van der Waals surface area contributed by atoms with Crippen molar-refractivity contribution < 1.29 is 18.3 Å². The first kappa shape index (κ1) is 25.8. The largest absolute Gasteiger partial charge is 0.492 e. The maximum atomic E-state index is 14.0. The number of hydrogen-bond donors (Lipinski definition) is 2. The van der Waals surface area contributed by atoms with Crippen molar-refractivity contribution in [2.75, 3.05) is 25.0 Å². The van der Waals surface area contributed by atoms with E-state index in [2.05, 4.69) is 36.5 Å². The maximum absolute atomic E-state index is 14.0. The van der Waals surface area contributed by atoms with Crippen LogP contribution in [-0.2, 0) is 6.42 Å². The quantitative estimate of drug-likeness (QED) is 0.315. The number of aromatic nitrogens is 4. The highest BCUT2D eigenvalue weighted by Crippen LogP contribution is 2.29.